The van der Waals surface area contributed by atoms with Gasteiger partial charge in [-0.15, -0.1) is 0 Å². The van der Waals surface area contributed by atoms with Gasteiger partial charge >= 0.3 is 6.18 Å². The molecule has 2 aromatic carbocycles. The number of benzene rings is 2. The Kier molecular flexibility index (Phi) is 5.51. The quantitative estimate of drug-likeness (QED) is 0.590. The lowest BCUT2D eigenvalue weighted by Gasteiger charge is -2.38. The van der Waals surface area contributed by atoms with Crippen LogP contribution in [0.1, 0.15) is 37.0 Å². The molecule has 0 aliphatic carbocycles. The minimum absolute atomic E-state index is 0.0226. The average Bonchev–Trinajstić information content (AvgIpc) is 2.61. The molecule has 2 aromatic rings. The molecule has 9 heteroatoms. The molecule has 1 aliphatic rings. The number of alkyl halides is 3. The minimum Gasteiger partial charge on any atom is -0.373 e. The van der Waals surface area contributed by atoms with Crippen molar-refractivity contribution in [2.24, 2.45) is 0 Å². The number of ether oxygens (including phenoxy) is 1. The van der Waals surface area contributed by atoms with Crippen LogP contribution in [0.3, 0.4) is 0 Å². The first kappa shape index (κ1) is 21.1. The van der Waals surface area contributed by atoms with E-state index in [1.54, 1.807) is 24.3 Å². The van der Waals surface area contributed by atoms with Crippen LogP contribution in [0.25, 0.3) is 0 Å². The van der Waals surface area contributed by atoms with Crippen molar-refractivity contribution in [2.75, 3.05) is 6.61 Å². The van der Waals surface area contributed by atoms with E-state index in [0.29, 0.717) is 22.7 Å². The highest BCUT2D eigenvalue weighted by Gasteiger charge is 2.46. The second-order valence-electron chi connectivity index (χ2n) is 6.99. The molecule has 0 aromatic heterocycles. The number of hydrogen-bond donors (Lipinski definition) is 0. The van der Waals surface area contributed by atoms with Crippen molar-refractivity contribution in [3.63, 3.8) is 0 Å². The fourth-order valence-corrected chi connectivity index (χ4v) is 5.24. The molecule has 0 saturated carbocycles. The van der Waals surface area contributed by atoms with E-state index < -0.39 is 43.1 Å². The van der Waals surface area contributed by atoms with E-state index in [0.717, 1.165) is 0 Å². The van der Waals surface area contributed by atoms with Crippen LogP contribution in [-0.2, 0) is 20.8 Å². The summed E-state index contributed by atoms with van der Waals surface area (Å²) in [6.45, 7) is 1.55. The molecule has 0 bridgehead atoms. The van der Waals surface area contributed by atoms with Crippen LogP contribution in [0.15, 0.2) is 47.4 Å². The largest absolute Gasteiger partial charge is 0.416 e. The topological polar surface area (TPSA) is 43.4 Å². The molecule has 1 aliphatic heterocycles. The standard InChI is InChI=1S/C19H17ClF4O3S/c1-18(6-7-27-17(11-18)12-2-4-14(20)5-3-12)28(25,26)16-9-13(19(22,23)24)8-15(21)10-16/h2-5,8-10,17H,6-7,11H2,1H3. The Balaban J connectivity index is 1.98. The van der Waals surface area contributed by atoms with E-state index in [4.69, 9.17) is 16.3 Å². The van der Waals surface area contributed by atoms with Crippen LogP contribution in [0.2, 0.25) is 5.02 Å². The molecular formula is C19H17ClF4O3S. The Hall–Kier alpha value is -1.64. The molecule has 152 valence electrons. The van der Waals surface area contributed by atoms with Crippen molar-refractivity contribution in [1.29, 1.82) is 0 Å². The molecular weight excluding hydrogens is 420 g/mol. The summed E-state index contributed by atoms with van der Waals surface area (Å²) in [4.78, 5) is -0.681. The van der Waals surface area contributed by atoms with Crippen LogP contribution >= 0.6 is 11.6 Å². The zero-order valence-corrected chi connectivity index (χ0v) is 16.3. The SMILES string of the molecule is CC1(S(=O)(=O)c2cc(F)cc(C(F)(F)F)c2)CCOC(c2ccc(Cl)cc2)C1. The highest BCUT2D eigenvalue weighted by atomic mass is 35.5. The molecule has 0 amide bonds. The number of hydrogen-bond acceptors (Lipinski definition) is 3. The van der Waals surface area contributed by atoms with Crippen LogP contribution in [0.5, 0.6) is 0 Å². The van der Waals surface area contributed by atoms with E-state index in [-0.39, 0.29) is 25.5 Å². The summed E-state index contributed by atoms with van der Waals surface area (Å²) in [6.07, 6.45) is -5.32. The van der Waals surface area contributed by atoms with Gasteiger partial charge in [-0.2, -0.15) is 13.2 Å². The van der Waals surface area contributed by atoms with Gasteiger partial charge in [0.2, 0.25) is 0 Å². The Bertz CT molecular complexity index is 974. The second-order valence-corrected chi connectivity index (χ2v) is 9.89. The number of halogens is 5. The van der Waals surface area contributed by atoms with Gasteiger partial charge in [0.1, 0.15) is 5.82 Å². The Morgan fingerprint density at radius 1 is 1.14 bits per heavy atom. The van der Waals surface area contributed by atoms with Gasteiger partial charge in [0.25, 0.3) is 0 Å². The fourth-order valence-electron chi connectivity index (χ4n) is 3.27. The molecule has 3 rings (SSSR count). The third kappa shape index (κ3) is 4.04. The third-order valence-corrected chi connectivity index (χ3v) is 7.74. The van der Waals surface area contributed by atoms with Gasteiger partial charge in [-0.3, -0.25) is 0 Å². The maximum Gasteiger partial charge on any atom is 0.416 e. The first-order valence-corrected chi connectivity index (χ1v) is 10.3. The van der Waals surface area contributed by atoms with E-state index in [2.05, 4.69) is 0 Å². The van der Waals surface area contributed by atoms with Crippen LogP contribution in [0.4, 0.5) is 17.6 Å². The molecule has 1 heterocycles. The summed E-state index contributed by atoms with van der Waals surface area (Å²) in [5.74, 6) is -1.25. The van der Waals surface area contributed by atoms with E-state index in [9.17, 15) is 26.0 Å². The van der Waals surface area contributed by atoms with Gasteiger partial charge < -0.3 is 4.74 Å². The van der Waals surface area contributed by atoms with E-state index in [1.165, 1.54) is 6.92 Å². The fraction of sp³-hybridized carbons (Fsp3) is 0.368. The monoisotopic (exact) mass is 436 g/mol. The summed E-state index contributed by atoms with van der Waals surface area (Å²) < 4.78 is 83.3. The van der Waals surface area contributed by atoms with Gasteiger partial charge in [-0.05, 0) is 55.7 Å². The smallest absolute Gasteiger partial charge is 0.373 e. The normalized spacial score (nSPS) is 23.6. The number of rotatable bonds is 3. The minimum atomic E-state index is -4.85. The van der Waals surface area contributed by atoms with Crippen molar-refractivity contribution in [2.45, 2.75) is 41.7 Å². The summed E-state index contributed by atoms with van der Waals surface area (Å²) in [5, 5.41) is 0.509. The zero-order valence-electron chi connectivity index (χ0n) is 14.8. The van der Waals surface area contributed by atoms with Gasteiger partial charge in [-0.1, -0.05) is 23.7 Å². The lowest BCUT2D eigenvalue weighted by molar-refractivity contribution is -0.137. The van der Waals surface area contributed by atoms with Crippen molar-refractivity contribution in [1.82, 2.24) is 0 Å². The highest BCUT2D eigenvalue weighted by molar-refractivity contribution is 7.92. The zero-order chi connectivity index (χ0) is 20.7. The van der Waals surface area contributed by atoms with E-state index >= 15 is 0 Å². The van der Waals surface area contributed by atoms with Gasteiger partial charge in [0, 0.05) is 11.6 Å². The van der Waals surface area contributed by atoms with Crippen LogP contribution in [0, 0.1) is 5.82 Å². The predicted octanol–water partition coefficient (Wildman–Crippen LogP) is 5.58. The molecule has 0 spiro atoms. The first-order chi connectivity index (χ1) is 12.9. The lowest BCUT2D eigenvalue weighted by atomic mass is 9.92. The van der Waals surface area contributed by atoms with Crippen molar-refractivity contribution >= 4 is 21.4 Å². The highest BCUT2D eigenvalue weighted by Crippen LogP contribution is 2.43. The number of sulfone groups is 1. The maximum atomic E-state index is 13.8. The van der Waals surface area contributed by atoms with Gasteiger partial charge in [-0.25, -0.2) is 12.8 Å². The van der Waals surface area contributed by atoms with Crippen LogP contribution in [-0.4, -0.2) is 19.8 Å². The molecule has 0 radical (unpaired) electrons. The summed E-state index contributed by atoms with van der Waals surface area (Å²) in [5.41, 5.74) is -0.628. The molecule has 2 atom stereocenters. The van der Waals surface area contributed by atoms with E-state index in [1.807, 2.05) is 0 Å². The van der Waals surface area contributed by atoms with Gasteiger partial charge in [0.05, 0.1) is 21.3 Å². The average molecular weight is 437 g/mol. The van der Waals surface area contributed by atoms with Crippen molar-refractivity contribution in [3.05, 3.63) is 64.4 Å². The maximum absolute atomic E-state index is 13.8. The third-order valence-electron chi connectivity index (χ3n) is 4.97. The second kappa shape index (κ2) is 7.31. The Morgan fingerprint density at radius 3 is 2.39 bits per heavy atom. The molecule has 28 heavy (non-hydrogen) atoms. The molecule has 3 nitrogen and oxygen atoms in total. The van der Waals surface area contributed by atoms with Crippen molar-refractivity contribution in [3.8, 4) is 0 Å². The Labute approximate surface area is 165 Å². The van der Waals surface area contributed by atoms with Crippen LogP contribution < -0.4 is 0 Å². The summed E-state index contributed by atoms with van der Waals surface area (Å²) in [7, 11) is -4.26. The van der Waals surface area contributed by atoms with Crippen molar-refractivity contribution < 1.29 is 30.7 Å². The first-order valence-electron chi connectivity index (χ1n) is 8.42. The molecule has 1 fully saturated rings. The summed E-state index contributed by atoms with van der Waals surface area (Å²) in [6, 6.07) is 8.08. The summed E-state index contributed by atoms with van der Waals surface area (Å²) >= 11 is 5.86. The molecule has 2 unspecified atom stereocenters. The predicted molar refractivity (Wildman–Crippen MR) is 96.4 cm³/mol. The lowest BCUT2D eigenvalue weighted by Crippen LogP contribution is -2.42. The Morgan fingerprint density at radius 2 is 1.79 bits per heavy atom. The van der Waals surface area contributed by atoms with Gasteiger partial charge in [0.15, 0.2) is 9.84 Å². The molecule has 0 N–H and O–H groups in total. The molecule has 1 saturated heterocycles.